The maximum Gasteiger partial charge on any atom is 0.133 e. The van der Waals surface area contributed by atoms with Crippen LogP contribution in [0.3, 0.4) is 0 Å². The van der Waals surface area contributed by atoms with Crippen LogP contribution in [0.2, 0.25) is 0 Å². The smallest absolute Gasteiger partial charge is 0.133 e. The third-order valence-corrected chi connectivity index (χ3v) is 8.65. The highest BCUT2D eigenvalue weighted by molar-refractivity contribution is 5.79. The van der Waals surface area contributed by atoms with Gasteiger partial charge in [-0.15, -0.1) is 0 Å². The lowest BCUT2D eigenvalue weighted by atomic mass is 9.45. The molecule has 0 N–H and O–H groups in total. The SMILES string of the molecule is CC(=O)[C@H]1CC[C@H]2[C@@H]3CCC4C=CCC[C@]4(C)[C@H]3CC[C@]12C. The quantitative estimate of drug-likeness (QED) is 0.592. The second kappa shape index (κ2) is 4.95. The van der Waals surface area contributed by atoms with E-state index in [0.29, 0.717) is 22.5 Å². The lowest BCUT2D eigenvalue weighted by Crippen LogP contribution is -2.52. The van der Waals surface area contributed by atoms with Gasteiger partial charge in [-0.25, -0.2) is 0 Å². The minimum absolute atomic E-state index is 0.320. The van der Waals surface area contributed by atoms with E-state index in [2.05, 4.69) is 26.0 Å². The number of hydrogen-bond acceptors (Lipinski definition) is 1. The molecule has 0 heterocycles. The van der Waals surface area contributed by atoms with Gasteiger partial charge in [0, 0.05) is 5.92 Å². The van der Waals surface area contributed by atoms with Crippen LogP contribution in [0.5, 0.6) is 0 Å². The standard InChI is InChI=1S/C21H32O/c1-14(22)17-9-10-18-16-8-7-15-6-4-5-12-20(15,2)19(16)11-13-21(17,18)3/h4,6,15-19H,5,7-13H2,1-3H3/t15?,16-,17+,18-,19-,20-,21+/m0/s1. The van der Waals surface area contributed by atoms with Crippen LogP contribution in [0.25, 0.3) is 0 Å². The third-order valence-electron chi connectivity index (χ3n) is 8.65. The molecule has 3 saturated carbocycles. The summed E-state index contributed by atoms with van der Waals surface area (Å²) in [6.45, 7) is 6.90. The fourth-order valence-electron chi connectivity index (χ4n) is 7.49. The normalized spacial score (nSPS) is 53.5. The molecule has 0 bridgehead atoms. The van der Waals surface area contributed by atoms with Gasteiger partial charge in [0.15, 0.2) is 0 Å². The van der Waals surface area contributed by atoms with Crippen molar-refractivity contribution < 1.29 is 4.79 Å². The van der Waals surface area contributed by atoms with Crippen molar-refractivity contribution in [3.63, 3.8) is 0 Å². The van der Waals surface area contributed by atoms with Crippen molar-refractivity contribution >= 4 is 5.78 Å². The molecular weight excluding hydrogens is 268 g/mol. The van der Waals surface area contributed by atoms with Crippen LogP contribution in [0.1, 0.15) is 72.1 Å². The van der Waals surface area contributed by atoms with E-state index in [1.807, 2.05) is 6.92 Å². The molecule has 122 valence electrons. The Bertz CT molecular complexity index is 506. The fourth-order valence-corrected chi connectivity index (χ4v) is 7.49. The van der Waals surface area contributed by atoms with Crippen LogP contribution in [0.15, 0.2) is 12.2 Å². The Morgan fingerprint density at radius 2 is 1.73 bits per heavy atom. The molecule has 22 heavy (non-hydrogen) atoms. The molecule has 1 nitrogen and oxygen atoms in total. The Balaban J connectivity index is 1.65. The van der Waals surface area contributed by atoms with E-state index in [1.165, 1.54) is 51.4 Å². The van der Waals surface area contributed by atoms with Crippen molar-refractivity contribution in [2.24, 2.45) is 40.4 Å². The minimum atomic E-state index is 0.320. The Labute approximate surface area is 135 Å². The number of carbonyl (C=O) groups excluding carboxylic acids is 1. The van der Waals surface area contributed by atoms with Gasteiger partial charge in [0.25, 0.3) is 0 Å². The molecule has 0 spiro atoms. The van der Waals surface area contributed by atoms with Gasteiger partial charge in [0.05, 0.1) is 0 Å². The lowest BCUT2D eigenvalue weighted by Gasteiger charge is -2.59. The highest BCUT2D eigenvalue weighted by atomic mass is 16.1. The number of fused-ring (bicyclic) bond motifs is 5. The number of hydrogen-bond donors (Lipinski definition) is 0. The first kappa shape index (κ1) is 15.0. The Morgan fingerprint density at radius 1 is 0.955 bits per heavy atom. The zero-order valence-electron chi connectivity index (χ0n) is 14.6. The second-order valence-corrected chi connectivity index (χ2v) is 9.32. The maximum absolute atomic E-state index is 12.1. The average Bonchev–Trinajstić information content (AvgIpc) is 2.84. The van der Waals surface area contributed by atoms with Crippen molar-refractivity contribution in [2.45, 2.75) is 72.1 Å². The van der Waals surface area contributed by atoms with Gasteiger partial charge >= 0.3 is 0 Å². The molecule has 0 saturated heterocycles. The van der Waals surface area contributed by atoms with Gasteiger partial charge in [0.2, 0.25) is 0 Å². The van der Waals surface area contributed by atoms with E-state index in [-0.39, 0.29) is 0 Å². The first-order valence-corrected chi connectivity index (χ1v) is 9.64. The zero-order chi connectivity index (χ0) is 15.5. The molecule has 0 aliphatic heterocycles. The summed E-state index contributed by atoms with van der Waals surface area (Å²) in [6, 6.07) is 0. The van der Waals surface area contributed by atoms with E-state index in [4.69, 9.17) is 0 Å². The topological polar surface area (TPSA) is 17.1 Å². The van der Waals surface area contributed by atoms with E-state index in [0.717, 1.165) is 23.7 Å². The summed E-state index contributed by atoms with van der Waals surface area (Å²) in [5.74, 6) is 4.29. The Morgan fingerprint density at radius 3 is 2.50 bits per heavy atom. The van der Waals surface area contributed by atoms with Crippen molar-refractivity contribution in [1.29, 1.82) is 0 Å². The summed E-state index contributed by atoms with van der Waals surface area (Å²) in [5, 5.41) is 0. The summed E-state index contributed by atoms with van der Waals surface area (Å²) in [7, 11) is 0. The molecule has 1 unspecified atom stereocenters. The Kier molecular flexibility index (Phi) is 3.37. The lowest BCUT2D eigenvalue weighted by molar-refractivity contribution is -0.130. The number of ketones is 1. The maximum atomic E-state index is 12.1. The predicted molar refractivity (Wildman–Crippen MR) is 90.4 cm³/mol. The highest BCUT2D eigenvalue weighted by Gasteiger charge is 2.59. The zero-order valence-corrected chi connectivity index (χ0v) is 14.6. The van der Waals surface area contributed by atoms with Crippen LogP contribution in [-0.4, -0.2) is 5.78 Å². The predicted octanol–water partition coefficient (Wildman–Crippen LogP) is 5.40. The molecule has 4 aliphatic rings. The number of allylic oxidation sites excluding steroid dienone is 2. The minimum Gasteiger partial charge on any atom is -0.300 e. The first-order chi connectivity index (χ1) is 10.5. The summed E-state index contributed by atoms with van der Waals surface area (Å²) < 4.78 is 0. The number of carbonyl (C=O) groups is 1. The van der Waals surface area contributed by atoms with Gasteiger partial charge in [0.1, 0.15) is 5.78 Å². The summed E-state index contributed by atoms with van der Waals surface area (Å²) in [5.41, 5.74) is 0.869. The molecule has 4 rings (SSSR count). The van der Waals surface area contributed by atoms with Crippen molar-refractivity contribution in [2.75, 3.05) is 0 Å². The molecule has 4 aliphatic carbocycles. The molecule has 0 aromatic carbocycles. The average molecular weight is 300 g/mol. The molecule has 7 atom stereocenters. The molecule has 0 radical (unpaired) electrons. The van der Waals surface area contributed by atoms with E-state index in [1.54, 1.807) is 0 Å². The Hall–Kier alpha value is -0.590. The van der Waals surface area contributed by atoms with Gasteiger partial charge in [-0.2, -0.15) is 0 Å². The molecule has 0 aromatic rings. The second-order valence-electron chi connectivity index (χ2n) is 9.32. The van der Waals surface area contributed by atoms with Gasteiger partial charge in [-0.3, -0.25) is 4.79 Å². The van der Waals surface area contributed by atoms with Gasteiger partial charge in [-0.1, -0.05) is 26.0 Å². The summed E-state index contributed by atoms with van der Waals surface area (Å²) >= 11 is 0. The van der Waals surface area contributed by atoms with Crippen molar-refractivity contribution in [3.8, 4) is 0 Å². The largest absolute Gasteiger partial charge is 0.300 e. The third kappa shape index (κ3) is 1.86. The van der Waals surface area contributed by atoms with Gasteiger partial charge in [-0.05, 0) is 92.8 Å². The summed E-state index contributed by atoms with van der Waals surface area (Å²) in [6.07, 6.45) is 15.6. The van der Waals surface area contributed by atoms with Crippen molar-refractivity contribution in [1.82, 2.24) is 0 Å². The number of rotatable bonds is 1. The summed E-state index contributed by atoms with van der Waals surface area (Å²) in [4.78, 5) is 12.1. The highest BCUT2D eigenvalue weighted by Crippen LogP contribution is 2.66. The van der Waals surface area contributed by atoms with E-state index in [9.17, 15) is 4.79 Å². The van der Waals surface area contributed by atoms with E-state index < -0.39 is 0 Å². The molecule has 1 heteroatoms. The van der Waals surface area contributed by atoms with Crippen LogP contribution in [0, 0.1) is 40.4 Å². The first-order valence-electron chi connectivity index (χ1n) is 9.64. The van der Waals surface area contributed by atoms with Crippen LogP contribution in [0.4, 0.5) is 0 Å². The van der Waals surface area contributed by atoms with Gasteiger partial charge < -0.3 is 0 Å². The van der Waals surface area contributed by atoms with Crippen molar-refractivity contribution in [3.05, 3.63) is 12.2 Å². The van der Waals surface area contributed by atoms with Crippen LogP contribution < -0.4 is 0 Å². The van der Waals surface area contributed by atoms with Crippen LogP contribution in [-0.2, 0) is 4.79 Å². The molecule has 0 aromatic heterocycles. The molecule has 3 fully saturated rings. The molecular formula is C21H32O. The molecule has 0 amide bonds. The van der Waals surface area contributed by atoms with Crippen LogP contribution >= 0.6 is 0 Å². The number of Topliss-reactive ketones (excluding diaryl/α,β-unsaturated/α-hetero) is 1. The van der Waals surface area contributed by atoms with E-state index >= 15 is 0 Å². The fraction of sp³-hybridized carbons (Fsp3) is 0.857. The monoisotopic (exact) mass is 300 g/mol.